The molecule has 0 aliphatic carbocycles. The van der Waals surface area contributed by atoms with Gasteiger partial charge in [0.15, 0.2) is 0 Å². The number of rotatable bonds is 5. The van der Waals surface area contributed by atoms with Gasteiger partial charge in [-0.05, 0) is 52.9 Å². The molecule has 0 amide bonds. The van der Waals surface area contributed by atoms with Crippen LogP contribution in [-0.2, 0) is 4.74 Å². The summed E-state index contributed by atoms with van der Waals surface area (Å²) in [5.74, 6) is 1.83. The number of likely N-dealkylation sites (tertiary alicyclic amines) is 1. The first kappa shape index (κ1) is 25.5. The number of halogens is 1. The van der Waals surface area contributed by atoms with Crippen molar-refractivity contribution in [1.82, 2.24) is 31.1 Å². The van der Waals surface area contributed by atoms with Crippen molar-refractivity contribution in [2.75, 3.05) is 20.1 Å². The number of fused-ring (bicyclic) bond motifs is 1. The third kappa shape index (κ3) is 5.16. The normalized spacial score (nSPS) is 43.3. The second-order valence-corrected chi connectivity index (χ2v) is 13.1. The lowest BCUT2D eigenvalue weighted by Crippen LogP contribution is -2.69. The van der Waals surface area contributed by atoms with Gasteiger partial charge in [-0.3, -0.25) is 10.2 Å². The van der Waals surface area contributed by atoms with Crippen molar-refractivity contribution in [2.24, 2.45) is 17.8 Å². The number of ether oxygens (including phenoxy) is 1. The molecule has 32 heavy (non-hydrogen) atoms. The van der Waals surface area contributed by atoms with Gasteiger partial charge in [-0.15, -0.1) is 0 Å². The Hall–Kier alpha value is 0.410. The van der Waals surface area contributed by atoms with Crippen LogP contribution < -0.4 is 16.2 Å². The summed E-state index contributed by atoms with van der Waals surface area (Å²) in [7, 11) is 2.14. The quantitative estimate of drug-likeness (QED) is 0.175. The van der Waals surface area contributed by atoms with Crippen LogP contribution in [0.5, 0.6) is 0 Å². The van der Waals surface area contributed by atoms with E-state index in [1.54, 1.807) is 0 Å². The Kier molecular flexibility index (Phi) is 7.82. The van der Waals surface area contributed by atoms with E-state index in [9.17, 15) is 5.11 Å². The number of nitrogens with zero attached hydrogens (tertiary/aromatic N) is 3. The van der Waals surface area contributed by atoms with Gasteiger partial charge in [-0.2, -0.15) is 0 Å². The summed E-state index contributed by atoms with van der Waals surface area (Å²) >= 11 is 2.59. The molecule has 9 unspecified atom stereocenters. The summed E-state index contributed by atoms with van der Waals surface area (Å²) < 4.78 is 6.44. The maximum Gasteiger partial charge on any atom is 0.216 e. The minimum atomic E-state index is -0.869. The second-order valence-electron chi connectivity index (χ2n) is 11.7. The molecule has 4 fully saturated rings. The average molecular weight is 565 g/mol. The molecule has 0 aromatic rings. The van der Waals surface area contributed by atoms with Crippen LogP contribution in [0.4, 0.5) is 0 Å². The van der Waals surface area contributed by atoms with Gasteiger partial charge in [-0.25, -0.2) is 20.9 Å². The van der Waals surface area contributed by atoms with Crippen LogP contribution in [0.3, 0.4) is 0 Å². The molecule has 0 radical (unpaired) electrons. The third-order valence-corrected chi connectivity index (χ3v) is 9.01. The number of aliphatic hydroxyl groups excluding tert-OH is 1. The molecule has 4 heterocycles. The first-order valence-corrected chi connectivity index (χ1v) is 13.7. The number of alkyl halides is 1. The summed E-state index contributed by atoms with van der Waals surface area (Å²) in [5, 5.41) is 19.8. The minimum absolute atomic E-state index is 0.241. The van der Waals surface area contributed by atoms with Crippen molar-refractivity contribution in [3.05, 3.63) is 0 Å². The Balaban J connectivity index is 1.59. The van der Waals surface area contributed by atoms with Crippen molar-refractivity contribution < 1.29 is 9.84 Å². The lowest BCUT2D eigenvalue weighted by Gasteiger charge is -2.49. The van der Waals surface area contributed by atoms with Crippen molar-refractivity contribution >= 4 is 22.6 Å². The van der Waals surface area contributed by atoms with E-state index in [1.165, 1.54) is 0 Å². The van der Waals surface area contributed by atoms with Gasteiger partial charge in [0.2, 0.25) is 6.41 Å². The Morgan fingerprint density at radius 3 is 2.50 bits per heavy atom. The number of hydrazine groups is 2. The topological polar surface area (TPSA) is 75.3 Å². The Bertz CT molecular complexity index is 648. The number of aliphatic hydroxyl groups is 1. The maximum atomic E-state index is 11.0. The first-order chi connectivity index (χ1) is 15.0. The molecule has 0 saturated carbocycles. The fourth-order valence-corrected chi connectivity index (χ4v) is 8.35. The predicted octanol–water partition coefficient (Wildman–Crippen LogP) is 1.91. The van der Waals surface area contributed by atoms with E-state index < -0.39 is 6.41 Å². The molecule has 4 N–H and O–H groups in total. The molecular weight excluding hydrogens is 519 g/mol. The second kappa shape index (κ2) is 9.81. The monoisotopic (exact) mass is 564 g/mol. The number of nitrogens with one attached hydrogen (secondary N) is 3. The maximum absolute atomic E-state index is 11.0. The highest BCUT2D eigenvalue weighted by Gasteiger charge is 2.52. The molecule has 0 spiro atoms. The zero-order valence-electron chi connectivity index (χ0n) is 20.9. The predicted molar refractivity (Wildman–Crippen MR) is 136 cm³/mol. The van der Waals surface area contributed by atoms with E-state index in [0.29, 0.717) is 40.1 Å². The number of hydrogen-bond donors (Lipinski definition) is 4. The zero-order valence-corrected chi connectivity index (χ0v) is 23.0. The van der Waals surface area contributed by atoms with Gasteiger partial charge in [0.25, 0.3) is 0 Å². The van der Waals surface area contributed by atoms with Crippen molar-refractivity contribution in [2.45, 2.75) is 107 Å². The first-order valence-electron chi connectivity index (χ1n) is 12.5. The van der Waals surface area contributed by atoms with Crippen LogP contribution >= 0.6 is 22.6 Å². The molecule has 4 saturated heterocycles. The smallest absolute Gasteiger partial charge is 0.216 e. The van der Waals surface area contributed by atoms with Gasteiger partial charge >= 0.3 is 0 Å². The highest BCUT2D eigenvalue weighted by atomic mass is 127. The van der Waals surface area contributed by atoms with Gasteiger partial charge in [0.05, 0.1) is 15.8 Å². The molecule has 9 atom stereocenters. The molecule has 186 valence electrons. The fourth-order valence-electron chi connectivity index (χ4n) is 6.59. The van der Waals surface area contributed by atoms with Gasteiger partial charge in [0, 0.05) is 56.1 Å². The Morgan fingerprint density at radius 1 is 1.16 bits per heavy atom. The van der Waals surface area contributed by atoms with E-state index in [2.05, 4.69) is 81.5 Å². The molecule has 4 aliphatic rings. The Labute approximate surface area is 208 Å². The molecular formula is C23H45IN6O2. The van der Waals surface area contributed by atoms with Gasteiger partial charge in [0.1, 0.15) is 0 Å². The molecule has 9 heteroatoms. The molecule has 8 nitrogen and oxygen atoms in total. The van der Waals surface area contributed by atoms with Crippen LogP contribution in [0.2, 0.25) is 0 Å². The van der Waals surface area contributed by atoms with Gasteiger partial charge < -0.3 is 9.84 Å². The molecule has 0 aromatic carbocycles. The standard InChI is InChI=1S/C23H45IN6O2/c1-13(2)18-14(3)30(26-20(18)24)17-11-15-12-28(7)27-21(15)25-19(17)16-9-8-10-29(16)22(31)32-23(4,5)6/h13-22,25-27,31H,8-12H2,1-7H3. The van der Waals surface area contributed by atoms with Crippen LogP contribution in [0.15, 0.2) is 0 Å². The lowest BCUT2D eigenvalue weighted by molar-refractivity contribution is -0.245. The molecule has 0 aromatic heterocycles. The SMILES string of the molecule is CC(C)C1C(I)NN(C2CC3CN(C)NC3NC2C2CCCN2C(O)OC(C)(C)C)C1C. The van der Waals surface area contributed by atoms with Crippen LogP contribution in [0.1, 0.15) is 60.8 Å². The number of piperidine rings is 1. The molecule has 4 rings (SSSR count). The van der Waals surface area contributed by atoms with E-state index in [4.69, 9.17) is 4.74 Å². The summed E-state index contributed by atoms with van der Waals surface area (Å²) in [6.45, 7) is 15.0. The van der Waals surface area contributed by atoms with Crippen molar-refractivity contribution in [1.29, 1.82) is 0 Å². The molecule has 0 bridgehead atoms. The minimum Gasteiger partial charge on any atom is -0.356 e. The van der Waals surface area contributed by atoms with E-state index >= 15 is 0 Å². The summed E-state index contributed by atoms with van der Waals surface area (Å²) in [6, 6.07) is 1.33. The van der Waals surface area contributed by atoms with Crippen LogP contribution in [-0.4, -0.2) is 86.6 Å². The van der Waals surface area contributed by atoms with E-state index in [1.807, 2.05) is 20.8 Å². The zero-order chi connectivity index (χ0) is 23.4. The summed E-state index contributed by atoms with van der Waals surface area (Å²) in [6.07, 6.45) is 2.74. The van der Waals surface area contributed by atoms with E-state index in [-0.39, 0.29) is 17.7 Å². The summed E-state index contributed by atoms with van der Waals surface area (Å²) in [5.41, 5.74) is 7.11. The summed E-state index contributed by atoms with van der Waals surface area (Å²) in [4.78, 5) is 2.19. The van der Waals surface area contributed by atoms with Crippen molar-refractivity contribution in [3.8, 4) is 0 Å². The fraction of sp³-hybridized carbons (Fsp3) is 1.00. The molecule has 4 aliphatic heterocycles. The Morgan fingerprint density at radius 2 is 1.88 bits per heavy atom. The average Bonchev–Trinajstić information content (AvgIpc) is 3.34. The third-order valence-electron chi connectivity index (χ3n) is 7.90. The van der Waals surface area contributed by atoms with Crippen molar-refractivity contribution in [3.63, 3.8) is 0 Å². The van der Waals surface area contributed by atoms with Crippen LogP contribution in [0.25, 0.3) is 0 Å². The number of hydrogen-bond acceptors (Lipinski definition) is 8. The highest BCUT2D eigenvalue weighted by Crippen LogP contribution is 2.39. The van der Waals surface area contributed by atoms with Gasteiger partial charge in [-0.1, -0.05) is 36.4 Å². The largest absolute Gasteiger partial charge is 0.356 e. The van der Waals surface area contributed by atoms with E-state index in [0.717, 1.165) is 32.4 Å². The lowest BCUT2D eigenvalue weighted by atomic mass is 9.82. The highest BCUT2D eigenvalue weighted by molar-refractivity contribution is 14.1. The van der Waals surface area contributed by atoms with Crippen LogP contribution in [0, 0.1) is 17.8 Å².